The van der Waals surface area contributed by atoms with Crippen LogP contribution < -0.4 is 10.5 Å². The molecule has 0 fully saturated rings. The molecule has 1 atom stereocenters. The Morgan fingerprint density at radius 3 is 2.50 bits per heavy atom. The number of ether oxygens (including phenoxy) is 1. The predicted octanol–water partition coefficient (Wildman–Crippen LogP) is 3.06. The smallest absolute Gasteiger partial charge is 0.406 e. The Labute approximate surface area is 107 Å². The molecule has 2 N–H and O–H groups in total. The SMILES string of the molecule is Cl.N#CC[C@@H](N)c1cc(OC(F)(F)F)ccc1F. The van der Waals surface area contributed by atoms with E-state index in [2.05, 4.69) is 4.74 Å². The number of hydrogen-bond donors (Lipinski definition) is 1. The number of benzene rings is 1. The van der Waals surface area contributed by atoms with Gasteiger partial charge in [-0.25, -0.2) is 4.39 Å². The Morgan fingerprint density at radius 2 is 2.00 bits per heavy atom. The monoisotopic (exact) mass is 284 g/mol. The summed E-state index contributed by atoms with van der Waals surface area (Å²) in [7, 11) is 0. The van der Waals surface area contributed by atoms with Crippen molar-refractivity contribution in [3.05, 3.63) is 29.6 Å². The van der Waals surface area contributed by atoms with Crippen LogP contribution in [0.2, 0.25) is 0 Å². The third-order valence-corrected chi connectivity index (χ3v) is 1.91. The molecule has 0 aliphatic carbocycles. The van der Waals surface area contributed by atoms with Crippen molar-refractivity contribution in [3.8, 4) is 11.8 Å². The van der Waals surface area contributed by atoms with Crippen molar-refractivity contribution in [2.75, 3.05) is 0 Å². The van der Waals surface area contributed by atoms with Crippen LogP contribution in [0, 0.1) is 17.1 Å². The second kappa shape index (κ2) is 6.42. The van der Waals surface area contributed by atoms with Crippen molar-refractivity contribution in [1.82, 2.24) is 0 Å². The molecule has 0 unspecified atom stereocenters. The van der Waals surface area contributed by atoms with Crippen molar-refractivity contribution in [2.45, 2.75) is 18.8 Å². The first kappa shape index (κ1) is 16.5. The molecular weight excluding hydrogens is 276 g/mol. The summed E-state index contributed by atoms with van der Waals surface area (Å²) >= 11 is 0. The first-order valence-corrected chi connectivity index (χ1v) is 4.51. The molecule has 0 aromatic heterocycles. The zero-order valence-electron chi connectivity index (χ0n) is 8.87. The average molecular weight is 285 g/mol. The number of alkyl halides is 3. The maximum Gasteiger partial charge on any atom is 0.573 e. The minimum atomic E-state index is -4.85. The van der Waals surface area contributed by atoms with E-state index in [1.165, 1.54) is 0 Å². The van der Waals surface area contributed by atoms with Gasteiger partial charge < -0.3 is 10.5 Å². The molecule has 0 aliphatic rings. The Balaban J connectivity index is 0.00000289. The first-order valence-electron chi connectivity index (χ1n) is 4.51. The second-order valence-electron chi connectivity index (χ2n) is 3.20. The average Bonchev–Trinajstić information content (AvgIpc) is 2.19. The lowest BCUT2D eigenvalue weighted by atomic mass is 10.0. The summed E-state index contributed by atoms with van der Waals surface area (Å²) in [6, 6.07) is 3.21. The van der Waals surface area contributed by atoms with Crippen LogP contribution in [0.4, 0.5) is 17.6 Å². The summed E-state index contributed by atoms with van der Waals surface area (Å²) in [6.07, 6.45) is -5.05. The zero-order valence-corrected chi connectivity index (χ0v) is 9.69. The van der Waals surface area contributed by atoms with E-state index in [4.69, 9.17) is 11.0 Å². The molecule has 3 nitrogen and oxygen atoms in total. The lowest BCUT2D eigenvalue weighted by molar-refractivity contribution is -0.274. The minimum absolute atomic E-state index is 0. The molecule has 0 saturated heterocycles. The van der Waals surface area contributed by atoms with E-state index in [1.54, 1.807) is 6.07 Å². The molecular formula is C10H9ClF4N2O. The van der Waals surface area contributed by atoms with Crippen molar-refractivity contribution in [3.63, 3.8) is 0 Å². The molecule has 0 aliphatic heterocycles. The summed E-state index contributed by atoms with van der Waals surface area (Å²) in [6.45, 7) is 0. The highest BCUT2D eigenvalue weighted by Crippen LogP contribution is 2.27. The maximum atomic E-state index is 13.3. The van der Waals surface area contributed by atoms with Crippen LogP contribution in [0.5, 0.6) is 5.75 Å². The zero-order chi connectivity index (χ0) is 13.1. The van der Waals surface area contributed by atoms with E-state index in [0.717, 1.165) is 18.2 Å². The van der Waals surface area contributed by atoms with Crippen LogP contribution in [0.3, 0.4) is 0 Å². The fourth-order valence-electron chi connectivity index (χ4n) is 1.21. The quantitative estimate of drug-likeness (QED) is 0.868. The molecule has 8 heteroatoms. The molecule has 0 radical (unpaired) electrons. The Bertz CT molecular complexity index is 444. The fourth-order valence-corrected chi connectivity index (χ4v) is 1.21. The van der Waals surface area contributed by atoms with Crippen molar-refractivity contribution >= 4 is 12.4 Å². The van der Waals surface area contributed by atoms with E-state index in [1.807, 2.05) is 0 Å². The van der Waals surface area contributed by atoms with E-state index < -0.39 is 24.0 Å². The topological polar surface area (TPSA) is 59.0 Å². The standard InChI is InChI=1S/C10H8F4N2O.ClH/c11-8-2-1-6(17-10(12,13)14)5-7(8)9(16)3-4-15;/h1-2,5,9H,3,16H2;1H/t9-;/m1./s1. The third kappa shape index (κ3) is 4.77. The summed E-state index contributed by atoms with van der Waals surface area (Å²) in [5.74, 6) is -1.34. The number of halogens is 5. The molecule has 100 valence electrons. The van der Waals surface area contributed by atoms with Crippen LogP contribution in [0.1, 0.15) is 18.0 Å². The van der Waals surface area contributed by atoms with E-state index in [0.29, 0.717) is 0 Å². The fraction of sp³-hybridized carbons (Fsp3) is 0.300. The molecule has 0 spiro atoms. The van der Waals surface area contributed by atoms with E-state index >= 15 is 0 Å². The number of nitrogens with two attached hydrogens (primary N) is 1. The van der Waals surface area contributed by atoms with Gasteiger partial charge in [-0.2, -0.15) is 5.26 Å². The van der Waals surface area contributed by atoms with Gasteiger partial charge in [0.25, 0.3) is 0 Å². The Morgan fingerprint density at radius 1 is 1.39 bits per heavy atom. The van der Waals surface area contributed by atoms with E-state index in [-0.39, 0.29) is 24.4 Å². The highest BCUT2D eigenvalue weighted by atomic mass is 35.5. The highest BCUT2D eigenvalue weighted by molar-refractivity contribution is 5.85. The number of rotatable bonds is 3. The van der Waals surface area contributed by atoms with Crippen LogP contribution in [0.25, 0.3) is 0 Å². The normalized spacial score (nSPS) is 12.2. The largest absolute Gasteiger partial charge is 0.573 e. The molecule has 0 heterocycles. The summed E-state index contributed by atoms with van der Waals surface area (Å²) in [5, 5.41) is 8.38. The third-order valence-electron chi connectivity index (χ3n) is 1.91. The van der Waals surface area contributed by atoms with E-state index in [9.17, 15) is 17.6 Å². The van der Waals surface area contributed by atoms with Gasteiger partial charge in [0.15, 0.2) is 0 Å². The molecule has 18 heavy (non-hydrogen) atoms. The van der Waals surface area contributed by atoms with Gasteiger partial charge in [0.05, 0.1) is 12.5 Å². The van der Waals surface area contributed by atoms with Crippen molar-refractivity contribution in [1.29, 1.82) is 5.26 Å². The van der Waals surface area contributed by atoms with Crippen LogP contribution in [0.15, 0.2) is 18.2 Å². The summed E-state index contributed by atoms with van der Waals surface area (Å²) in [4.78, 5) is 0. The van der Waals surface area contributed by atoms with Crippen molar-refractivity contribution in [2.24, 2.45) is 5.73 Å². The van der Waals surface area contributed by atoms with Gasteiger partial charge in [-0.05, 0) is 18.2 Å². The number of nitrogens with zero attached hydrogens (tertiary/aromatic N) is 1. The molecule has 1 rings (SSSR count). The van der Waals surface area contributed by atoms with Crippen LogP contribution >= 0.6 is 12.4 Å². The molecule has 1 aromatic rings. The van der Waals surface area contributed by atoms with Gasteiger partial charge in [-0.1, -0.05) is 0 Å². The summed E-state index contributed by atoms with van der Waals surface area (Å²) in [5.41, 5.74) is 5.25. The van der Waals surface area contributed by atoms with Crippen LogP contribution in [-0.4, -0.2) is 6.36 Å². The van der Waals surface area contributed by atoms with Gasteiger partial charge in [-0.15, -0.1) is 25.6 Å². The number of hydrogen-bond acceptors (Lipinski definition) is 3. The highest BCUT2D eigenvalue weighted by Gasteiger charge is 2.31. The number of nitriles is 1. The van der Waals surface area contributed by atoms with Gasteiger partial charge in [0.2, 0.25) is 0 Å². The maximum absolute atomic E-state index is 13.3. The molecule has 0 amide bonds. The van der Waals surface area contributed by atoms with Crippen molar-refractivity contribution < 1.29 is 22.3 Å². The first-order chi connectivity index (χ1) is 7.83. The van der Waals surface area contributed by atoms with Gasteiger partial charge in [0.1, 0.15) is 11.6 Å². The van der Waals surface area contributed by atoms with Gasteiger partial charge in [-0.3, -0.25) is 0 Å². The second-order valence-corrected chi connectivity index (χ2v) is 3.20. The summed E-state index contributed by atoms with van der Waals surface area (Å²) < 4.78 is 52.6. The molecule has 1 aromatic carbocycles. The van der Waals surface area contributed by atoms with Gasteiger partial charge in [0, 0.05) is 11.6 Å². The molecule has 0 bridgehead atoms. The Hall–Kier alpha value is -1.52. The van der Waals surface area contributed by atoms with Crippen LogP contribution in [-0.2, 0) is 0 Å². The van der Waals surface area contributed by atoms with Gasteiger partial charge >= 0.3 is 6.36 Å². The minimum Gasteiger partial charge on any atom is -0.406 e. The molecule has 0 saturated carbocycles. The lowest BCUT2D eigenvalue weighted by Gasteiger charge is -2.13. The predicted molar refractivity (Wildman–Crippen MR) is 57.5 cm³/mol. The Kier molecular flexibility index (Phi) is 5.88. The lowest BCUT2D eigenvalue weighted by Crippen LogP contribution is -2.18.